The zero-order valence-electron chi connectivity index (χ0n) is 48.4. The molecule has 0 spiro atoms. The molecule has 6 unspecified atom stereocenters. The van der Waals surface area contributed by atoms with Crippen LogP contribution in [0.3, 0.4) is 0 Å². The predicted molar refractivity (Wildman–Crippen MR) is 303 cm³/mol. The number of aromatic nitrogens is 2. The van der Waals surface area contributed by atoms with Crippen LogP contribution in [0.1, 0.15) is 213 Å². The Morgan fingerprint density at radius 3 is 1.92 bits per heavy atom. The lowest BCUT2D eigenvalue weighted by Gasteiger charge is -2.67. The van der Waals surface area contributed by atoms with Crippen LogP contribution in [-0.4, -0.2) is 71.2 Å². The lowest BCUT2D eigenvalue weighted by Crippen LogP contribution is -2.64. The second-order valence-electron chi connectivity index (χ2n) is 27.8. The lowest BCUT2D eigenvalue weighted by molar-refractivity contribution is -0.244. The van der Waals surface area contributed by atoms with Crippen molar-refractivity contribution in [2.75, 3.05) is 20.5 Å². The number of oxime groups is 1. The maximum atomic E-state index is 11.9. The number of aryl methyl sites for hydroxylation is 1. The monoisotopic (exact) mass is 1070 g/mol. The van der Waals surface area contributed by atoms with Crippen molar-refractivity contribution in [2.24, 2.45) is 133 Å². The van der Waals surface area contributed by atoms with Gasteiger partial charge in [0.1, 0.15) is 12.6 Å². The van der Waals surface area contributed by atoms with Gasteiger partial charge in [0.05, 0.1) is 24.9 Å². The van der Waals surface area contributed by atoms with Gasteiger partial charge in [-0.1, -0.05) is 121 Å². The van der Waals surface area contributed by atoms with Gasteiger partial charge in [0.25, 0.3) is 0 Å². The standard InChI is InChI=1S/C33H58N2O5.C28H46N2O4.2CH4/c1-9-23-26-17-20(3)15-16-32(26,6)29-22(5)18-33(7)24(12-13-25(33)28(29)30(23)39-19-37-8)21(4)11-14-27(34)35-40-31(36)38-10-2;1-6-18-21-13-17(31)11-12-27(21,4)24-16(3)14-28(5)19(8-9-20(28)23(24)25(18)32)15(2)7-10-22-29-26(33)34-30-22;;/h20-26,28-30H,9-19H2,1-8H3,(H2,34,35);15-21,23-25,31-32H,6-14H2,1-5H3,(H,29,30,33);2*1H4/t20-,21-,22+,23-,24-,25?,26+,28?,29?,30-,32+,33-;15-,16+,17-,18-,19-,20?,21+,23?,24?,25-,27+,28-;;/m11../s1. The van der Waals surface area contributed by atoms with Gasteiger partial charge in [-0.2, -0.15) is 0 Å². The highest BCUT2D eigenvalue weighted by molar-refractivity contribution is 5.80. The van der Waals surface area contributed by atoms with Crippen molar-refractivity contribution >= 4 is 12.0 Å². The van der Waals surface area contributed by atoms with Gasteiger partial charge in [0.15, 0.2) is 5.82 Å². The van der Waals surface area contributed by atoms with Crippen LogP contribution < -0.4 is 11.5 Å². The molecule has 1 aromatic heterocycles. The number of aromatic amines is 1. The third-order valence-corrected chi connectivity index (χ3v) is 24.1. The van der Waals surface area contributed by atoms with Crippen LogP contribution >= 0.6 is 0 Å². The van der Waals surface area contributed by atoms with E-state index in [1.807, 2.05) is 0 Å². The van der Waals surface area contributed by atoms with Gasteiger partial charge in [-0.25, -0.2) is 9.59 Å². The number of nitrogens with one attached hydrogen (secondary N) is 1. The van der Waals surface area contributed by atoms with E-state index in [1.165, 1.54) is 64.2 Å². The topological polar surface area (TPSA) is 192 Å². The number of carbonyl (C=O) groups excluding carboxylic acids is 1. The molecule has 0 saturated heterocycles. The van der Waals surface area contributed by atoms with Crippen LogP contribution in [0.4, 0.5) is 4.79 Å². The maximum Gasteiger partial charge on any atom is 0.535 e. The summed E-state index contributed by atoms with van der Waals surface area (Å²) in [5, 5.41) is 30.1. The Morgan fingerprint density at radius 2 is 1.36 bits per heavy atom. The SMILES string of the molecule is C.C.CCOC(=O)ON=C(N)CC[C@@H](C)[C@H]1CCC2C3C([C@@H](C)C[C@@]21C)[C@@]1(C)CC[C@@H](C)C[C@H]1[C@@H](CC)[C@H]3OCOC.CC[C@H]1[C@@H](O)C2C3CC[C@H]([C@H](C)CCc4noc(=O)[nH]4)[C@@]3(C)C[C@H](C)C2[C@@]2(C)CC[C@@H](O)C[C@@H]12. The first-order valence-electron chi connectivity index (χ1n) is 30.3. The van der Waals surface area contributed by atoms with Gasteiger partial charge in [0, 0.05) is 20.0 Å². The first-order chi connectivity index (χ1) is 35.1. The number of rotatable bonds is 15. The van der Waals surface area contributed by atoms with Gasteiger partial charge >= 0.3 is 11.9 Å². The number of amidine groups is 1. The fourth-order valence-electron chi connectivity index (χ4n) is 21.6. The first-order valence-corrected chi connectivity index (χ1v) is 30.3. The Labute approximate surface area is 460 Å². The smallest absolute Gasteiger partial charge is 0.433 e. The van der Waals surface area contributed by atoms with Crippen molar-refractivity contribution in [3.8, 4) is 0 Å². The molecule has 0 amide bonds. The van der Waals surface area contributed by atoms with E-state index < -0.39 is 11.9 Å². The molecular weight excluding hydrogens is 957 g/mol. The molecule has 5 N–H and O–H groups in total. The van der Waals surface area contributed by atoms with Crippen molar-refractivity contribution in [1.29, 1.82) is 0 Å². The Balaban J connectivity index is 0.000000243. The minimum atomic E-state index is -0.804. The van der Waals surface area contributed by atoms with E-state index >= 15 is 0 Å². The summed E-state index contributed by atoms with van der Waals surface area (Å²) in [7, 11) is 1.77. The molecule has 438 valence electrons. The number of ether oxygens (including phenoxy) is 3. The Morgan fingerprint density at radius 1 is 0.789 bits per heavy atom. The van der Waals surface area contributed by atoms with E-state index in [9.17, 15) is 19.8 Å². The molecule has 9 rings (SSSR count). The molecule has 76 heavy (non-hydrogen) atoms. The van der Waals surface area contributed by atoms with Crippen molar-refractivity contribution in [3.05, 3.63) is 16.4 Å². The van der Waals surface area contributed by atoms with Crippen LogP contribution in [0.2, 0.25) is 0 Å². The number of nitrogens with zero attached hydrogens (tertiary/aromatic N) is 2. The van der Waals surface area contributed by atoms with E-state index in [0.717, 1.165) is 56.8 Å². The number of nitrogens with two attached hydrogens (primary N) is 1. The number of aliphatic hydroxyl groups excluding tert-OH is 2. The van der Waals surface area contributed by atoms with Crippen molar-refractivity contribution in [3.63, 3.8) is 0 Å². The minimum Gasteiger partial charge on any atom is -0.433 e. The van der Waals surface area contributed by atoms with Crippen molar-refractivity contribution in [1.82, 2.24) is 10.1 Å². The van der Waals surface area contributed by atoms with Crippen LogP contribution in [0.5, 0.6) is 0 Å². The highest BCUT2D eigenvalue weighted by Gasteiger charge is 2.69. The molecule has 0 bridgehead atoms. The number of aliphatic hydroxyl groups is 2. The molecule has 8 saturated carbocycles. The highest BCUT2D eigenvalue weighted by Crippen LogP contribution is 2.73. The number of carbonyl (C=O) groups is 1. The molecule has 8 aliphatic rings. The average Bonchev–Trinajstić information content (AvgIpc) is 4.07. The molecular formula is C63H112N4O9. The second-order valence-corrected chi connectivity index (χ2v) is 27.8. The van der Waals surface area contributed by atoms with E-state index in [1.54, 1.807) is 14.0 Å². The summed E-state index contributed by atoms with van der Waals surface area (Å²) in [4.78, 5) is 30.3. The quantitative estimate of drug-likeness (QED) is 0.0326. The summed E-state index contributed by atoms with van der Waals surface area (Å²) in [6.07, 6.45) is 19.0. The molecule has 8 aliphatic carbocycles. The molecule has 0 radical (unpaired) electrons. The Kier molecular flexibility index (Phi) is 20.7. The summed E-state index contributed by atoms with van der Waals surface area (Å²) in [6, 6.07) is 0. The summed E-state index contributed by atoms with van der Waals surface area (Å²) in [6.45, 7) is 29.6. The lowest BCUT2D eigenvalue weighted by atomic mass is 9.39. The van der Waals surface area contributed by atoms with Crippen LogP contribution in [0.25, 0.3) is 0 Å². The van der Waals surface area contributed by atoms with E-state index in [0.29, 0.717) is 119 Å². The Hall–Kier alpha value is -2.48. The zero-order valence-corrected chi connectivity index (χ0v) is 48.4. The van der Waals surface area contributed by atoms with Gasteiger partial charge in [-0.05, 0) is 213 Å². The molecule has 0 aromatic carbocycles. The van der Waals surface area contributed by atoms with Gasteiger partial charge in [0.2, 0.25) is 0 Å². The molecule has 24 atom stereocenters. The van der Waals surface area contributed by atoms with Crippen molar-refractivity contribution < 1.29 is 38.6 Å². The summed E-state index contributed by atoms with van der Waals surface area (Å²) >= 11 is 0. The third-order valence-electron chi connectivity index (χ3n) is 24.1. The van der Waals surface area contributed by atoms with Gasteiger partial charge in [-0.15, -0.1) is 0 Å². The molecule has 13 nitrogen and oxygen atoms in total. The minimum absolute atomic E-state index is 0. The first kappa shape index (κ1) is 62.7. The van der Waals surface area contributed by atoms with Crippen LogP contribution in [0.15, 0.2) is 14.5 Å². The zero-order chi connectivity index (χ0) is 53.7. The average molecular weight is 1070 g/mol. The fraction of sp³-hybridized carbons (Fsp3) is 0.937. The fourth-order valence-corrected chi connectivity index (χ4v) is 21.6. The number of fused-ring (bicyclic) bond motifs is 10. The second kappa shape index (κ2) is 25.1. The van der Waals surface area contributed by atoms with Crippen molar-refractivity contribution in [2.45, 2.75) is 232 Å². The Bertz CT molecular complexity index is 2110. The predicted octanol–water partition coefficient (Wildman–Crippen LogP) is 13.7. The summed E-state index contributed by atoms with van der Waals surface area (Å²) in [5.74, 6) is 10.5. The third kappa shape index (κ3) is 11.4. The van der Waals surface area contributed by atoms with Gasteiger partial charge in [-0.3, -0.25) is 14.3 Å². The van der Waals surface area contributed by atoms with Gasteiger partial charge < -0.3 is 30.2 Å². The number of methoxy groups -OCH3 is 1. The normalized spacial score (nSPS) is 45.1. The molecule has 8 fully saturated rings. The molecule has 13 heteroatoms. The number of hydrogen-bond acceptors (Lipinski definition) is 11. The van der Waals surface area contributed by atoms with E-state index in [-0.39, 0.29) is 56.0 Å². The number of hydrogen-bond donors (Lipinski definition) is 4. The number of H-pyrrole nitrogens is 1. The molecule has 1 aromatic rings. The van der Waals surface area contributed by atoms with Crippen LogP contribution in [-0.2, 0) is 25.5 Å². The molecule has 0 aliphatic heterocycles. The summed E-state index contributed by atoms with van der Waals surface area (Å²) in [5.41, 5.74) is 7.27. The van der Waals surface area contributed by atoms with E-state index in [2.05, 4.69) is 96.0 Å². The highest BCUT2D eigenvalue weighted by atomic mass is 16.8. The summed E-state index contributed by atoms with van der Waals surface area (Å²) < 4.78 is 21.8. The largest absolute Gasteiger partial charge is 0.535 e. The van der Waals surface area contributed by atoms with Crippen LogP contribution in [0, 0.1) is 122 Å². The molecule has 1 heterocycles. The maximum absolute atomic E-state index is 11.9. The van der Waals surface area contributed by atoms with E-state index in [4.69, 9.17) is 24.8 Å².